The number of amides is 4. The number of carbonyl (C=O) groups is 4. The largest absolute Gasteiger partial charge is 0.481 e. The first-order valence-corrected chi connectivity index (χ1v) is 8.17. The molecule has 1 saturated carbocycles. The van der Waals surface area contributed by atoms with Crippen molar-refractivity contribution >= 4 is 23.8 Å². The van der Waals surface area contributed by atoms with Crippen molar-refractivity contribution < 1.29 is 24.3 Å². The molecule has 0 aromatic carbocycles. The second-order valence-electron chi connectivity index (χ2n) is 7.75. The summed E-state index contributed by atoms with van der Waals surface area (Å²) in [5.41, 5.74) is -1.00. The monoisotopic (exact) mass is 339 g/mol. The van der Waals surface area contributed by atoms with Crippen LogP contribution in [-0.2, 0) is 14.4 Å². The summed E-state index contributed by atoms with van der Waals surface area (Å²) in [6, 6.07) is -0.557. The molecule has 0 aromatic heterocycles. The molecule has 1 heterocycles. The summed E-state index contributed by atoms with van der Waals surface area (Å²) < 4.78 is 0. The molecule has 1 spiro atoms. The van der Waals surface area contributed by atoms with Crippen LogP contribution in [0.4, 0.5) is 4.79 Å². The molecule has 2 aliphatic rings. The Balaban J connectivity index is 2.03. The minimum Gasteiger partial charge on any atom is -0.481 e. The number of imide groups is 1. The first-order valence-electron chi connectivity index (χ1n) is 8.17. The lowest BCUT2D eigenvalue weighted by Gasteiger charge is -2.43. The van der Waals surface area contributed by atoms with Crippen LogP contribution in [0.3, 0.4) is 0 Å². The lowest BCUT2D eigenvalue weighted by atomic mass is 9.64. The van der Waals surface area contributed by atoms with Crippen molar-refractivity contribution in [1.82, 2.24) is 15.5 Å². The van der Waals surface area contributed by atoms with E-state index >= 15 is 0 Å². The zero-order valence-electron chi connectivity index (χ0n) is 14.3. The molecular weight excluding hydrogens is 314 g/mol. The van der Waals surface area contributed by atoms with E-state index in [1.807, 2.05) is 0 Å². The summed E-state index contributed by atoms with van der Waals surface area (Å²) in [4.78, 5) is 48.3. The van der Waals surface area contributed by atoms with Crippen LogP contribution in [-0.4, -0.2) is 52.4 Å². The number of aliphatic carboxylic acids is 1. The molecule has 24 heavy (non-hydrogen) atoms. The van der Waals surface area contributed by atoms with Gasteiger partial charge in [-0.2, -0.15) is 0 Å². The number of nitrogens with zero attached hydrogens (tertiary/aromatic N) is 1. The molecule has 2 rings (SSSR count). The minimum atomic E-state index is -1.03. The first kappa shape index (κ1) is 18.2. The minimum absolute atomic E-state index is 0.0347. The molecule has 1 aliphatic carbocycles. The van der Waals surface area contributed by atoms with Gasteiger partial charge in [-0.15, -0.1) is 0 Å². The highest BCUT2D eigenvalue weighted by Crippen LogP contribution is 2.46. The Morgan fingerprint density at radius 1 is 1.33 bits per heavy atom. The van der Waals surface area contributed by atoms with Crippen molar-refractivity contribution in [2.75, 3.05) is 13.1 Å². The molecule has 0 aromatic rings. The average molecular weight is 339 g/mol. The van der Waals surface area contributed by atoms with E-state index in [-0.39, 0.29) is 30.8 Å². The highest BCUT2D eigenvalue weighted by Gasteiger charge is 2.56. The number of carboxylic acid groups (broad SMARTS) is 1. The molecular formula is C16H25N3O5. The molecule has 8 nitrogen and oxygen atoms in total. The van der Waals surface area contributed by atoms with E-state index in [1.165, 1.54) is 0 Å². The zero-order valence-corrected chi connectivity index (χ0v) is 14.3. The molecule has 8 heteroatoms. The third-order valence-corrected chi connectivity index (χ3v) is 4.59. The van der Waals surface area contributed by atoms with Crippen molar-refractivity contribution in [3.8, 4) is 0 Å². The van der Waals surface area contributed by atoms with Gasteiger partial charge < -0.3 is 15.7 Å². The summed E-state index contributed by atoms with van der Waals surface area (Å²) in [5.74, 6) is -1.63. The highest BCUT2D eigenvalue weighted by atomic mass is 16.4. The van der Waals surface area contributed by atoms with E-state index in [9.17, 15) is 19.2 Å². The first-order chi connectivity index (χ1) is 11.0. The van der Waals surface area contributed by atoms with Crippen LogP contribution in [0.2, 0.25) is 0 Å². The summed E-state index contributed by atoms with van der Waals surface area (Å²) in [6.07, 6.45) is 1.89. The smallest absolute Gasteiger partial charge is 0.325 e. The Bertz CT molecular complexity index is 574. The van der Waals surface area contributed by atoms with Gasteiger partial charge in [0, 0.05) is 6.54 Å². The number of hydrogen-bond acceptors (Lipinski definition) is 4. The maximum Gasteiger partial charge on any atom is 0.325 e. The quantitative estimate of drug-likeness (QED) is 0.638. The molecule has 3 N–H and O–H groups in total. The van der Waals surface area contributed by atoms with Gasteiger partial charge in [-0.05, 0) is 30.6 Å². The van der Waals surface area contributed by atoms with Crippen LogP contribution in [0.1, 0.15) is 46.5 Å². The Morgan fingerprint density at radius 3 is 2.58 bits per heavy atom. The van der Waals surface area contributed by atoms with E-state index in [0.717, 1.165) is 11.3 Å². The lowest BCUT2D eigenvalue weighted by Crippen LogP contribution is -2.54. The molecule has 0 unspecified atom stereocenters. The Labute approximate surface area is 141 Å². The van der Waals surface area contributed by atoms with E-state index in [2.05, 4.69) is 31.4 Å². The fourth-order valence-electron chi connectivity index (χ4n) is 4.16. The van der Waals surface area contributed by atoms with Crippen molar-refractivity contribution in [2.24, 2.45) is 11.3 Å². The van der Waals surface area contributed by atoms with E-state index < -0.39 is 23.4 Å². The topological polar surface area (TPSA) is 116 Å². The van der Waals surface area contributed by atoms with E-state index in [1.54, 1.807) is 0 Å². The molecule has 2 atom stereocenters. The van der Waals surface area contributed by atoms with Gasteiger partial charge in [0.2, 0.25) is 5.91 Å². The predicted octanol–water partition coefficient (Wildman–Crippen LogP) is 0.714. The number of nitrogens with one attached hydrogen (secondary N) is 2. The third-order valence-electron chi connectivity index (χ3n) is 4.59. The molecule has 2 fully saturated rings. The second-order valence-corrected chi connectivity index (χ2v) is 7.75. The van der Waals surface area contributed by atoms with Crippen molar-refractivity contribution in [2.45, 2.75) is 52.0 Å². The van der Waals surface area contributed by atoms with Crippen molar-refractivity contribution in [3.63, 3.8) is 0 Å². The fraction of sp³-hybridized carbons (Fsp3) is 0.750. The second kappa shape index (κ2) is 6.41. The molecule has 0 bridgehead atoms. The average Bonchev–Trinajstić information content (AvgIpc) is 2.60. The highest BCUT2D eigenvalue weighted by molar-refractivity contribution is 6.09. The van der Waals surface area contributed by atoms with Crippen LogP contribution in [0.25, 0.3) is 0 Å². The van der Waals surface area contributed by atoms with Crippen LogP contribution in [0.5, 0.6) is 0 Å². The molecule has 134 valence electrons. The molecule has 1 saturated heterocycles. The van der Waals surface area contributed by atoms with E-state index in [4.69, 9.17) is 5.11 Å². The van der Waals surface area contributed by atoms with Crippen molar-refractivity contribution in [1.29, 1.82) is 0 Å². The molecule has 0 radical (unpaired) electrons. The van der Waals surface area contributed by atoms with Gasteiger partial charge >= 0.3 is 12.0 Å². The Hall–Kier alpha value is -2.12. The van der Waals surface area contributed by atoms with Crippen LogP contribution in [0.15, 0.2) is 0 Å². The van der Waals surface area contributed by atoms with Gasteiger partial charge in [0.25, 0.3) is 5.91 Å². The summed E-state index contributed by atoms with van der Waals surface area (Å²) >= 11 is 0. The lowest BCUT2D eigenvalue weighted by molar-refractivity contribution is -0.138. The normalized spacial score (nSPS) is 28.8. The Kier molecular flexibility index (Phi) is 4.87. The van der Waals surface area contributed by atoms with Crippen LogP contribution in [0, 0.1) is 11.3 Å². The molecule has 4 amide bonds. The number of carboxylic acids is 1. The predicted molar refractivity (Wildman–Crippen MR) is 85.0 cm³/mol. The third kappa shape index (κ3) is 3.85. The molecule has 1 aliphatic heterocycles. The maximum absolute atomic E-state index is 12.8. The number of carbonyl (C=O) groups excluding carboxylic acids is 3. The number of urea groups is 1. The van der Waals surface area contributed by atoms with Gasteiger partial charge in [0.1, 0.15) is 12.1 Å². The van der Waals surface area contributed by atoms with Gasteiger partial charge in [-0.25, -0.2) is 4.79 Å². The summed E-state index contributed by atoms with van der Waals surface area (Å²) in [6.45, 7) is 5.79. The standard InChI is InChI=1S/C16H25N3O5/c1-10-6-15(2,3)9-16(7-10)13(23)19(14(24)18-16)8-11(20)17-5-4-12(21)22/h10H,4-9H2,1-3H3,(H,17,20)(H,18,24)(H,21,22)/t10-,16+/m1/s1. The van der Waals surface area contributed by atoms with Gasteiger partial charge in [0.15, 0.2) is 0 Å². The summed E-state index contributed by atoms with van der Waals surface area (Å²) in [5, 5.41) is 13.8. The van der Waals surface area contributed by atoms with Crippen LogP contribution >= 0.6 is 0 Å². The van der Waals surface area contributed by atoms with E-state index in [0.29, 0.717) is 18.8 Å². The number of hydrogen-bond donors (Lipinski definition) is 3. The SMILES string of the molecule is C[C@@H]1CC(C)(C)C[C@]2(C1)NC(=O)N(CC(=O)NCCC(=O)O)C2=O. The van der Waals surface area contributed by atoms with Crippen molar-refractivity contribution in [3.05, 3.63) is 0 Å². The summed E-state index contributed by atoms with van der Waals surface area (Å²) in [7, 11) is 0. The maximum atomic E-state index is 12.8. The fourth-order valence-corrected chi connectivity index (χ4v) is 4.16. The zero-order chi connectivity index (χ0) is 18.1. The van der Waals surface area contributed by atoms with Gasteiger partial charge in [-0.1, -0.05) is 20.8 Å². The van der Waals surface area contributed by atoms with Crippen LogP contribution < -0.4 is 10.6 Å². The van der Waals surface area contributed by atoms with Gasteiger partial charge in [0.05, 0.1) is 6.42 Å². The van der Waals surface area contributed by atoms with Gasteiger partial charge in [-0.3, -0.25) is 19.3 Å². The Morgan fingerprint density at radius 2 is 2.00 bits per heavy atom. The number of rotatable bonds is 5.